The van der Waals surface area contributed by atoms with E-state index >= 15 is 0 Å². The molecule has 0 aliphatic heterocycles. The molecule has 0 bridgehead atoms. The van der Waals surface area contributed by atoms with Crippen molar-refractivity contribution < 1.29 is 9.53 Å². The predicted molar refractivity (Wildman–Crippen MR) is 79.2 cm³/mol. The number of methoxy groups -OCH3 is 1. The highest BCUT2D eigenvalue weighted by Crippen LogP contribution is 2.21. The molecule has 0 atom stereocenters. The van der Waals surface area contributed by atoms with Crippen molar-refractivity contribution >= 4 is 40.1 Å². The molecule has 0 unspecified atom stereocenters. The molecule has 0 saturated carbocycles. The van der Waals surface area contributed by atoms with Gasteiger partial charge in [0.2, 0.25) is 5.91 Å². The molecule has 0 fully saturated rings. The highest BCUT2D eigenvalue weighted by molar-refractivity contribution is 6.31. The van der Waals surface area contributed by atoms with Gasteiger partial charge in [-0.2, -0.15) is 0 Å². The number of rotatable bonds is 6. The number of amides is 1. The number of halogens is 2. The summed E-state index contributed by atoms with van der Waals surface area (Å²) in [5.41, 5.74) is 1.57. The number of carbonyl (C=O) groups is 1. The number of carbonyl (C=O) groups excluding carboxylic acids is 1. The molecule has 108 valence electrons. The van der Waals surface area contributed by atoms with Gasteiger partial charge in [-0.05, 0) is 18.2 Å². The van der Waals surface area contributed by atoms with Crippen LogP contribution in [0.5, 0.6) is 0 Å². The lowest BCUT2D eigenvalue weighted by Crippen LogP contribution is -2.30. The van der Waals surface area contributed by atoms with Crippen LogP contribution in [-0.4, -0.2) is 35.7 Å². The standard InChI is InChI=1S/C13H15Cl2N3O2/c1-20-5-4-16-13(19)8-18-11-6-9(15)2-3-10(11)17-12(18)7-14/h2-3,6H,4-5,7-8H2,1H3,(H,16,19). The lowest BCUT2D eigenvalue weighted by atomic mass is 10.3. The third kappa shape index (κ3) is 3.42. The van der Waals surface area contributed by atoms with Gasteiger partial charge in [0.05, 0.1) is 23.5 Å². The van der Waals surface area contributed by atoms with Gasteiger partial charge in [0.25, 0.3) is 0 Å². The zero-order valence-electron chi connectivity index (χ0n) is 11.0. The molecule has 20 heavy (non-hydrogen) atoms. The number of fused-ring (bicyclic) bond motifs is 1. The van der Waals surface area contributed by atoms with E-state index in [1.807, 2.05) is 6.07 Å². The van der Waals surface area contributed by atoms with Crippen LogP contribution >= 0.6 is 23.2 Å². The minimum absolute atomic E-state index is 0.118. The van der Waals surface area contributed by atoms with Gasteiger partial charge in [-0.3, -0.25) is 4.79 Å². The topological polar surface area (TPSA) is 56.1 Å². The summed E-state index contributed by atoms with van der Waals surface area (Å²) in [6, 6.07) is 5.35. The molecule has 2 aromatic rings. The summed E-state index contributed by atoms with van der Waals surface area (Å²) >= 11 is 11.9. The van der Waals surface area contributed by atoms with Crippen LogP contribution in [0.3, 0.4) is 0 Å². The lowest BCUT2D eigenvalue weighted by molar-refractivity contribution is -0.121. The molecule has 1 aromatic carbocycles. The second-order valence-electron chi connectivity index (χ2n) is 4.22. The van der Waals surface area contributed by atoms with Crippen molar-refractivity contribution in [3.05, 3.63) is 29.0 Å². The summed E-state index contributed by atoms with van der Waals surface area (Å²) in [7, 11) is 1.59. The average Bonchev–Trinajstić information content (AvgIpc) is 2.77. The molecular formula is C13H15Cl2N3O2. The summed E-state index contributed by atoms with van der Waals surface area (Å²) in [5.74, 6) is 0.760. The third-order valence-electron chi connectivity index (χ3n) is 2.84. The maximum Gasteiger partial charge on any atom is 0.240 e. The Morgan fingerprint density at radius 3 is 3.00 bits per heavy atom. The summed E-state index contributed by atoms with van der Waals surface area (Å²) in [5, 5.41) is 3.36. The van der Waals surface area contributed by atoms with E-state index in [2.05, 4.69) is 10.3 Å². The van der Waals surface area contributed by atoms with Crippen molar-refractivity contribution in [2.45, 2.75) is 12.4 Å². The Bertz CT molecular complexity index is 613. The van der Waals surface area contributed by atoms with Crippen LogP contribution in [0.15, 0.2) is 18.2 Å². The van der Waals surface area contributed by atoms with Crippen LogP contribution in [0.1, 0.15) is 5.82 Å². The van der Waals surface area contributed by atoms with Crippen LogP contribution in [0, 0.1) is 0 Å². The summed E-state index contributed by atoms with van der Waals surface area (Å²) < 4.78 is 6.66. The molecule has 1 N–H and O–H groups in total. The van der Waals surface area contributed by atoms with Crippen molar-refractivity contribution in [1.29, 1.82) is 0 Å². The quantitative estimate of drug-likeness (QED) is 0.656. The minimum atomic E-state index is -0.118. The van der Waals surface area contributed by atoms with E-state index in [-0.39, 0.29) is 18.3 Å². The number of nitrogens with one attached hydrogen (secondary N) is 1. The molecule has 1 aromatic heterocycles. The van der Waals surface area contributed by atoms with E-state index in [9.17, 15) is 4.79 Å². The molecule has 0 aliphatic rings. The first-order chi connectivity index (χ1) is 9.65. The van der Waals surface area contributed by atoms with Crippen LogP contribution in [-0.2, 0) is 22.0 Å². The number of aromatic nitrogens is 2. The van der Waals surface area contributed by atoms with E-state index in [0.29, 0.717) is 24.0 Å². The lowest BCUT2D eigenvalue weighted by Gasteiger charge is -2.08. The normalized spacial score (nSPS) is 10.9. The summed E-state index contributed by atoms with van der Waals surface area (Å²) in [6.07, 6.45) is 0. The second-order valence-corrected chi connectivity index (χ2v) is 4.93. The van der Waals surface area contributed by atoms with Gasteiger partial charge < -0.3 is 14.6 Å². The van der Waals surface area contributed by atoms with Gasteiger partial charge in [0.1, 0.15) is 12.4 Å². The number of hydrogen-bond acceptors (Lipinski definition) is 3. The second kappa shape index (κ2) is 6.92. The number of ether oxygens (including phenoxy) is 1. The van der Waals surface area contributed by atoms with Crippen molar-refractivity contribution in [2.75, 3.05) is 20.3 Å². The van der Waals surface area contributed by atoms with E-state index in [1.165, 1.54) is 0 Å². The Labute approximate surface area is 126 Å². The predicted octanol–water partition coefficient (Wildman–Crippen LogP) is 2.19. The number of imidazole rings is 1. The zero-order chi connectivity index (χ0) is 14.5. The van der Waals surface area contributed by atoms with Crippen molar-refractivity contribution in [3.63, 3.8) is 0 Å². The first-order valence-electron chi connectivity index (χ1n) is 6.12. The maximum absolute atomic E-state index is 11.9. The molecule has 2 rings (SSSR count). The number of benzene rings is 1. The smallest absolute Gasteiger partial charge is 0.240 e. The fraction of sp³-hybridized carbons (Fsp3) is 0.385. The maximum atomic E-state index is 11.9. The van der Waals surface area contributed by atoms with Gasteiger partial charge in [-0.25, -0.2) is 4.98 Å². The molecule has 0 radical (unpaired) electrons. The molecule has 1 amide bonds. The van der Waals surface area contributed by atoms with Crippen LogP contribution in [0.2, 0.25) is 5.02 Å². The van der Waals surface area contributed by atoms with Crippen molar-refractivity contribution in [3.8, 4) is 0 Å². The Hall–Kier alpha value is -1.30. The largest absolute Gasteiger partial charge is 0.383 e. The first kappa shape index (κ1) is 15.1. The number of hydrogen-bond donors (Lipinski definition) is 1. The Morgan fingerprint density at radius 2 is 2.30 bits per heavy atom. The average molecular weight is 316 g/mol. The molecular weight excluding hydrogens is 301 g/mol. The highest BCUT2D eigenvalue weighted by atomic mass is 35.5. The minimum Gasteiger partial charge on any atom is -0.383 e. The third-order valence-corrected chi connectivity index (χ3v) is 3.31. The monoisotopic (exact) mass is 315 g/mol. The van der Waals surface area contributed by atoms with Gasteiger partial charge in [-0.1, -0.05) is 11.6 Å². The van der Waals surface area contributed by atoms with Crippen molar-refractivity contribution in [2.24, 2.45) is 0 Å². The van der Waals surface area contributed by atoms with E-state index in [0.717, 1.165) is 11.0 Å². The fourth-order valence-electron chi connectivity index (χ4n) is 1.92. The SMILES string of the molecule is COCCNC(=O)Cn1c(CCl)nc2ccc(Cl)cc21. The molecule has 0 aliphatic carbocycles. The molecule has 1 heterocycles. The Morgan fingerprint density at radius 1 is 1.50 bits per heavy atom. The summed E-state index contributed by atoms with van der Waals surface area (Å²) in [4.78, 5) is 16.3. The summed E-state index contributed by atoms with van der Waals surface area (Å²) in [6.45, 7) is 1.10. The van der Waals surface area contributed by atoms with Crippen molar-refractivity contribution in [1.82, 2.24) is 14.9 Å². The molecule has 0 saturated heterocycles. The van der Waals surface area contributed by atoms with Gasteiger partial charge in [-0.15, -0.1) is 11.6 Å². The van der Waals surface area contributed by atoms with E-state index in [4.69, 9.17) is 27.9 Å². The number of nitrogens with zero attached hydrogens (tertiary/aromatic N) is 2. The van der Waals surface area contributed by atoms with Gasteiger partial charge >= 0.3 is 0 Å². The van der Waals surface area contributed by atoms with Gasteiger partial charge in [0.15, 0.2) is 0 Å². The fourth-order valence-corrected chi connectivity index (χ4v) is 2.29. The van der Waals surface area contributed by atoms with Crippen LogP contribution in [0.4, 0.5) is 0 Å². The molecule has 5 nitrogen and oxygen atoms in total. The Balaban J connectivity index is 2.23. The molecule has 0 spiro atoms. The van der Waals surface area contributed by atoms with E-state index < -0.39 is 0 Å². The first-order valence-corrected chi connectivity index (χ1v) is 7.03. The Kier molecular flexibility index (Phi) is 5.23. The number of alkyl halides is 1. The zero-order valence-corrected chi connectivity index (χ0v) is 12.5. The molecule has 7 heteroatoms. The van der Waals surface area contributed by atoms with Gasteiger partial charge in [0, 0.05) is 18.7 Å². The van der Waals surface area contributed by atoms with Crippen LogP contribution in [0.25, 0.3) is 11.0 Å². The van der Waals surface area contributed by atoms with E-state index in [1.54, 1.807) is 23.8 Å². The van der Waals surface area contributed by atoms with Crippen LogP contribution < -0.4 is 5.32 Å². The highest BCUT2D eigenvalue weighted by Gasteiger charge is 2.13.